The van der Waals surface area contributed by atoms with E-state index in [4.69, 9.17) is 10.1 Å². The summed E-state index contributed by atoms with van der Waals surface area (Å²) < 4.78 is 43.1. The molecule has 2 aromatic heterocycles. The van der Waals surface area contributed by atoms with Gasteiger partial charge in [0.15, 0.2) is 5.65 Å². The van der Waals surface area contributed by atoms with E-state index in [0.29, 0.717) is 30.3 Å². The van der Waals surface area contributed by atoms with Gasteiger partial charge in [0, 0.05) is 49.1 Å². The molecule has 0 saturated carbocycles. The predicted molar refractivity (Wildman–Crippen MR) is 143 cm³/mol. The fraction of sp³-hybridized carbons (Fsp3) is 0.500. The van der Waals surface area contributed by atoms with E-state index in [2.05, 4.69) is 14.9 Å². The van der Waals surface area contributed by atoms with E-state index < -0.39 is 27.8 Å². The molecule has 0 spiro atoms. The maximum atomic E-state index is 14.7. The third kappa shape index (κ3) is 5.38. The van der Waals surface area contributed by atoms with Gasteiger partial charge in [0.25, 0.3) is 0 Å². The Morgan fingerprint density at radius 3 is 2.68 bits per heavy atom. The molecule has 38 heavy (non-hydrogen) atoms. The number of anilines is 1. The summed E-state index contributed by atoms with van der Waals surface area (Å²) in [6.45, 7) is 4.25. The van der Waals surface area contributed by atoms with E-state index in [1.165, 1.54) is 18.2 Å². The largest absolute Gasteiger partial charge is 0.355 e. The fourth-order valence-corrected chi connectivity index (χ4v) is 6.19. The van der Waals surface area contributed by atoms with Gasteiger partial charge in [0.2, 0.25) is 15.9 Å². The molecular formula is C26H34FN7O3S. The molecule has 1 unspecified atom stereocenters. The van der Waals surface area contributed by atoms with Crippen LogP contribution in [-0.2, 0) is 14.8 Å². The molecule has 0 bridgehead atoms. The minimum absolute atomic E-state index is 0.00494. The Balaban J connectivity index is 1.47. The lowest BCUT2D eigenvalue weighted by Crippen LogP contribution is -2.46. The van der Waals surface area contributed by atoms with Gasteiger partial charge in [-0.2, -0.15) is 9.82 Å². The van der Waals surface area contributed by atoms with Gasteiger partial charge in [0.1, 0.15) is 17.7 Å². The number of aromatic nitrogens is 3. The summed E-state index contributed by atoms with van der Waals surface area (Å²) in [5.74, 6) is -0.213. The number of amides is 1. The van der Waals surface area contributed by atoms with Crippen molar-refractivity contribution >= 4 is 27.4 Å². The molecule has 2 saturated heterocycles. The minimum Gasteiger partial charge on any atom is -0.355 e. The quantitative estimate of drug-likeness (QED) is 0.470. The van der Waals surface area contributed by atoms with Crippen LogP contribution in [0.25, 0.3) is 5.65 Å². The van der Waals surface area contributed by atoms with Crippen molar-refractivity contribution in [2.75, 3.05) is 37.8 Å². The van der Waals surface area contributed by atoms with Crippen LogP contribution in [0.2, 0.25) is 0 Å². The number of sulfonamides is 1. The van der Waals surface area contributed by atoms with Gasteiger partial charge in [-0.05, 0) is 45.7 Å². The minimum atomic E-state index is -3.80. The maximum absolute atomic E-state index is 14.7. The maximum Gasteiger partial charge on any atom is 0.245 e. The van der Waals surface area contributed by atoms with Gasteiger partial charge in [-0.3, -0.25) is 4.79 Å². The smallest absolute Gasteiger partial charge is 0.245 e. The van der Waals surface area contributed by atoms with Gasteiger partial charge in [-0.15, -0.1) is 0 Å². The normalized spacial score (nSPS) is 21.3. The Kier molecular flexibility index (Phi) is 7.38. The predicted octanol–water partition coefficient (Wildman–Crippen LogP) is 2.32. The molecule has 1 amide bonds. The summed E-state index contributed by atoms with van der Waals surface area (Å²) in [7, 11) is -1.83. The summed E-state index contributed by atoms with van der Waals surface area (Å²) in [6.07, 6.45) is 6.30. The number of likely N-dealkylation sites (tertiary alicyclic amines) is 1. The number of nitrogens with zero attached hydrogens (tertiary/aromatic N) is 5. The van der Waals surface area contributed by atoms with Crippen molar-refractivity contribution in [1.82, 2.24) is 29.5 Å². The first-order valence-corrected chi connectivity index (χ1v) is 14.8. The highest BCUT2D eigenvalue weighted by atomic mass is 32.2. The molecule has 204 valence electrons. The lowest BCUT2D eigenvalue weighted by atomic mass is 9.97. The van der Waals surface area contributed by atoms with E-state index in [-0.39, 0.29) is 11.6 Å². The third-order valence-electron chi connectivity index (χ3n) is 7.44. The first-order valence-electron chi connectivity index (χ1n) is 13.0. The van der Waals surface area contributed by atoms with Gasteiger partial charge >= 0.3 is 0 Å². The number of fused-ring (bicyclic) bond motifs is 1. The molecule has 4 heterocycles. The zero-order valence-electron chi connectivity index (χ0n) is 21.9. The number of halogens is 1. The van der Waals surface area contributed by atoms with Gasteiger partial charge in [0.05, 0.1) is 18.0 Å². The second-order valence-corrected chi connectivity index (χ2v) is 12.0. The van der Waals surface area contributed by atoms with Crippen molar-refractivity contribution in [3.05, 3.63) is 59.2 Å². The van der Waals surface area contributed by atoms with Crippen LogP contribution in [0.1, 0.15) is 54.6 Å². The summed E-state index contributed by atoms with van der Waals surface area (Å²) in [6, 6.07) is 6.33. The number of nitrogens with one attached hydrogen (secondary N) is 2. The molecule has 12 heteroatoms. The summed E-state index contributed by atoms with van der Waals surface area (Å²) in [5.41, 5.74) is 2.38. The molecule has 5 rings (SSSR count). The number of likely N-dealkylation sites (N-methyl/N-ethyl adjacent to an activating group) is 1. The summed E-state index contributed by atoms with van der Waals surface area (Å²) in [4.78, 5) is 22.7. The second kappa shape index (κ2) is 10.6. The molecule has 3 aromatic rings. The Morgan fingerprint density at radius 1 is 1.18 bits per heavy atom. The van der Waals surface area contributed by atoms with Crippen LogP contribution in [0.3, 0.4) is 0 Å². The van der Waals surface area contributed by atoms with Crippen LogP contribution >= 0.6 is 0 Å². The van der Waals surface area contributed by atoms with E-state index in [1.807, 2.05) is 26.2 Å². The SMILES string of the molecule is CN[C@H]1CCN(c2nc3cc([C@@H]4CCCCN4C(=O)C(NS(C)(=O)=O)c4ccccc4F)nn3cc2C)C1. The van der Waals surface area contributed by atoms with E-state index in [9.17, 15) is 17.6 Å². The lowest BCUT2D eigenvalue weighted by Gasteiger charge is -2.37. The monoisotopic (exact) mass is 543 g/mol. The molecule has 2 aliphatic rings. The second-order valence-electron chi connectivity index (χ2n) is 10.2. The van der Waals surface area contributed by atoms with Crippen LogP contribution in [0.4, 0.5) is 10.2 Å². The number of carbonyl (C=O) groups excluding carboxylic acids is 1. The summed E-state index contributed by atoms with van der Waals surface area (Å²) in [5, 5.41) is 8.10. The molecule has 2 fully saturated rings. The highest BCUT2D eigenvalue weighted by Gasteiger charge is 2.37. The highest BCUT2D eigenvalue weighted by Crippen LogP contribution is 2.34. The van der Waals surface area contributed by atoms with Crippen LogP contribution in [-0.4, -0.2) is 72.8 Å². The van der Waals surface area contributed by atoms with Gasteiger partial charge in [-0.25, -0.2) is 22.3 Å². The standard InChI is InChI=1S/C26H34FN7O3S/c1-17-15-34-23(29-25(17)32-13-11-18(16-32)28-2)14-21(30-34)22-10-6-7-12-33(22)26(35)24(31-38(3,36)37)19-8-4-5-9-20(19)27/h4-5,8-9,14-15,18,22,24,28,31H,6-7,10-13,16H2,1-3H3/t18-,22-,24?/m0/s1. The highest BCUT2D eigenvalue weighted by molar-refractivity contribution is 7.88. The Morgan fingerprint density at radius 2 is 1.97 bits per heavy atom. The van der Waals surface area contributed by atoms with Crippen molar-refractivity contribution in [3.8, 4) is 0 Å². The molecule has 3 atom stereocenters. The molecule has 0 radical (unpaired) electrons. The Hall–Kier alpha value is -3.09. The number of aryl methyl sites for hydroxylation is 1. The zero-order chi connectivity index (χ0) is 27.0. The molecule has 2 aliphatic heterocycles. The fourth-order valence-electron chi connectivity index (χ4n) is 5.53. The van der Waals surface area contributed by atoms with Crippen LogP contribution in [0.15, 0.2) is 36.5 Å². The zero-order valence-corrected chi connectivity index (χ0v) is 22.7. The summed E-state index contributed by atoms with van der Waals surface area (Å²) >= 11 is 0. The number of carbonyl (C=O) groups is 1. The molecule has 10 nitrogen and oxygen atoms in total. The number of hydrogen-bond acceptors (Lipinski definition) is 7. The first-order chi connectivity index (χ1) is 18.1. The Bertz CT molecular complexity index is 1440. The first kappa shape index (κ1) is 26.5. The number of rotatable bonds is 7. The molecule has 0 aliphatic carbocycles. The molecule has 1 aromatic carbocycles. The average molecular weight is 544 g/mol. The average Bonchev–Trinajstić information content (AvgIpc) is 3.53. The van der Waals surface area contributed by atoms with Crippen molar-refractivity contribution in [2.24, 2.45) is 0 Å². The van der Waals surface area contributed by atoms with Gasteiger partial charge in [-0.1, -0.05) is 18.2 Å². The Labute approximate surface area is 222 Å². The topological polar surface area (TPSA) is 112 Å². The third-order valence-corrected chi connectivity index (χ3v) is 8.11. The van der Waals surface area contributed by atoms with Crippen LogP contribution < -0.4 is 14.9 Å². The van der Waals surface area contributed by atoms with Crippen LogP contribution in [0, 0.1) is 12.7 Å². The number of benzene rings is 1. The number of hydrogen-bond donors (Lipinski definition) is 2. The van der Waals surface area contributed by atoms with Gasteiger partial charge < -0.3 is 15.1 Å². The van der Waals surface area contributed by atoms with Crippen molar-refractivity contribution in [3.63, 3.8) is 0 Å². The van der Waals surface area contributed by atoms with Crippen molar-refractivity contribution in [1.29, 1.82) is 0 Å². The molecular weight excluding hydrogens is 509 g/mol. The van der Waals surface area contributed by atoms with Crippen LogP contribution in [0.5, 0.6) is 0 Å². The molecule has 2 N–H and O–H groups in total. The van der Waals surface area contributed by atoms with Crippen molar-refractivity contribution in [2.45, 2.75) is 50.7 Å². The van der Waals surface area contributed by atoms with Crippen molar-refractivity contribution < 1.29 is 17.6 Å². The number of piperidine rings is 1. The van der Waals surface area contributed by atoms with E-state index >= 15 is 0 Å². The lowest BCUT2D eigenvalue weighted by molar-refractivity contribution is -0.137. The van der Waals surface area contributed by atoms with E-state index in [1.54, 1.807) is 15.5 Å². The van der Waals surface area contributed by atoms with E-state index in [0.717, 1.165) is 50.0 Å².